The number of allylic oxidation sites excluding steroid dienone is 1. The Morgan fingerprint density at radius 1 is 0.660 bits per heavy atom. The SMILES string of the molecule is CCCCCCCCCCCCCCCCCCCCCC/C=C/C(O)C(COP(=O)(O)OCC[N+](C)(C)C)NC(=O)CCCCCCCC. The third-order valence-electron chi connectivity index (χ3n) is 9.51. The largest absolute Gasteiger partial charge is 0.472 e. The zero-order valence-electron chi connectivity index (χ0n) is 33.7. The molecule has 0 rings (SSSR count). The molecule has 3 unspecified atom stereocenters. The number of carbonyl (C=O) groups excluding carboxylic acids is 1. The number of nitrogens with zero attached hydrogens (tertiary/aromatic N) is 1. The Bertz CT molecular complexity index is 834. The summed E-state index contributed by atoms with van der Waals surface area (Å²) in [4.78, 5) is 22.8. The third kappa shape index (κ3) is 35.6. The van der Waals surface area contributed by atoms with Gasteiger partial charge in [-0.25, -0.2) is 4.57 Å². The van der Waals surface area contributed by atoms with Crippen molar-refractivity contribution in [1.82, 2.24) is 5.32 Å². The lowest BCUT2D eigenvalue weighted by atomic mass is 10.0. The molecule has 50 heavy (non-hydrogen) atoms. The number of quaternary nitrogens is 1. The summed E-state index contributed by atoms with van der Waals surface area (Å²) in [7, 11) is 1.58. The van der Waals surface area contributed by atoms with Gasteiger partial charge in [0.05, 0.1) is 39.9 Å². The van der Waals surface area contributed by atoms with Crippen molar-refractivity contribution in [2.75, 3.05) is 40.9 Å². The number of hydrogen-bond donors (Lipinski definition) is 3. The zero-order chi connectivity index (χ0) is 37.2. The predicted octanol–water partition coefficient (Wildman–Crippen LogP) is 11.2. The van der Waals surface area contributed by atoms with Crippen molar-refractivity contribution in [3.8, 4) is 0 Å². The first-order valence-corrected chi connectivity index (χ1v) is 22.6. The standard InChI is InChI=1S/C41H83N2O6P/c1-6-8-10-12-14-15-16-17-18-19-20-21-22-23-24-25-26-27-28-29-30-32-34-40(44)39(42-41(45)35-33-31-13-11-9-7-2)38-49-50(46,47)48-37-36-43(3,4)5/h32,34,39-40,44H,6-31,33,35-38H2,1-5H3,(H-,42,45,46,47)/p+1/b34-32+. The van der Waals surface area contributed by atoms with Crippen molar-refractivity contribution >= 4 is 13.7 Å². The van der Waals surface area contributed by atoms with Crippen LogP contribution in [-0.4, -0.2) is 73.4 Å². The van der Waals surface area contributed by atoms with Crippen LogP contribution in [-0.2, 0) is 18.4 Å². The molecule has 0 saturated heterocycles. The van der Waals surface area contributed by atoms with E-state index in [-0.39, 0.29) is 19.1 Å². The van der Waals surface area contributed by atoms with Gasteiger partial charge in [0.15, 0.2) is 0 Å². The van der Waals surface area contributed by atoms with Crippen LogP contribution < -0.4 is 5.32 Å². The molecule has 0 aliphatic rings. The number of aliphatic hydroxyl groups excluding tert-OH is 1. The fraction of sp³-hybridized carbons (Fsp3) is 0.927. The molecule has 3 N–H and O–H groups in total. The van der Waals surface area contributed by atoms with Crippen molar-refractivity contribution in [1.29, 1.82) is 0 Å². The molecule has 0 spiro atoms. The second-order valence-electron chi connectivity index (χ2n) is 15.7. The number of nitrogens with one attached hydrogen (secondary N) is 1. The lowest BCUT2D eigenvalue weighted by molar-refractivity contribution is -0.870. The van der Waals surface area contributed by atoms with Gasteiger partial charge in [0.2, 0.25) is 5.91 Å². The van der Waals surface area contributed by atoms with E-state index in [1.165, 1.54) is 141 Å². The van der Waals surface area contributed by atoms with Crippen molar-refractivity contribution in [3.05, 3.63) is 12.2 Å². The number of phosphoric acid groups is 1. The van der Waals surface area contributed by atoms with Crippen molar-refractivity contribution in [3.63, 3.8) is 0 Å². The number of aliphatic hydroxyl groups is 1. The summed E-state index contributed by atoms with van der Waals surface area (Å²) < 4.78 is 23.4. The average molecular weight is 732 g/mol. The van der Waals surface area contributed by atoms with Gasteiger partial charge in [-0.05, 0) is 19.3 Å². The minimum Gasteiger partial charge on any atom is -0.387 e. The molecule has 0 aromatic heterocycles. The maximum Gasteiger partial charge on any atom is 0.472 e. The van der Waals surface area contributed by atoms with E-state index in [1.807, 2.05) is 27.2 Å². The van der Waals surface area contributed by atoms with Crippen LogP contribution in [0.4, 0.5) is 0 Å². The molecular formula is C41H84N2O6P+. The molecular weight excluding hydrogens is 647 g/mol. The lowest BCUT2D eigenvalue weighted by Gasteiger charge is -2.25. The van der Waals surface area contributed by atoms with Crippen LogP contribution >= 0.6 is 7.82 Å². The van der Waals surface area contributed by atoms with Crippen molar-refractivity contribution in [2.24, 2.45) is 0 Å². The number of unbranched alkanes of at least 4 members (excludes halogenated alkanes) is 25. The number of amides is 1. The molecule has 0 heterocycles. The van der Waals surface area contributed by atoms with Gasteiger partial charge in [-0.1, -0.05) is 180 Å². The topological polar surface area (TPSA) is 105 Å². The molecule has 3 atom stereocenters. The third-order valence-corrected chi connectivity index (χ3v) is 10.5. The molecule has 8 nitrogen and oxygen atoms in total. The molecule has 0 aromatic rings. The Kier molecular flexibility index (Phi) is 33.5. The fourth-order valence-corrected chi connectivity index (χ4v) is 6.84. The molecule has 0 aliphatic heterocycles. The summed E-state index contributed by atoms with van der Waals surface area (Å²) in [5, 5.41) is 13.7. The van der Waals surface area contributed by atoms with Gasteiger partial charge in [-0.2, -0.15) is 0 Å². The van der Waals surface area contributed by atoms with Crippen molar-refractivity contribution in [2.45, 2.75) is 206 Å². The van der Waals surface area contributed by atoms with E-state index in [1.54, 1.807) is 6.08 Å². The molecule has 0 fully saturated rings. The van der Waals surface area contributed by atoms with E-state index in [0.717, 1.165) is 32.1 Å². The van der Waals surface area contributed by atoms with Gasteiger partial charge in [0.25, 0.3) is 0 Å². The molecule has 0 bridgehead atoms. The summed E-state index contributed by atoms with van der Waals surface area (Å²) in [5.41, 5.74) is 0. The first kappa shape index (κ1) is 49.2. The summed E-state index contributed by atoms with van der Waals surface area (Å²) in [5.74, 6) is -0.186. The van der Waals surface area contributed by atoms with Crippen LogP contribution in [0, 0.1) is 0 Å². The molecule has 9 heteroatoms. The maximum absolute atomic E-state index is 12.7. The van der Waals surface area contributed by atoms with Crippen molar-refractivity contribution < 1.29 is 32.9 Å². The minimum atomic E-state index is -4.32. The summed E-state index contributed by atoms with van der Waals surface area (Å²) in [6.45, 7) is 4.75. The molecule has 298 valence electrons. The highest BCUT2D eigenvalue weighted by atomic mass is 31.2. The molecule has 0 saturated carbocycles. The summed E-state index contributed by atoms with van der Waals surface area (Å²) in [6, 6.07) is -0.837. The highest BCUT2D eigenvalue weighted by Gasteiger charge is 2.27. The van der Waals surface area contributed by atoms with Crippen LogP contribution in [0.1, 0.15) is 194 Å². The average Bonchev–Trinajstić information content (AvgIpc) is 3.06. The van der Waals surface area contributed by atoms with Gasteiger partial charge >= 0.3 is 7.82 Å². The normalized spacial score (nSPS) is 14.6. The number of likely N-dealkylation sites (N-methyl/N-ethyl adjacent to an activating group) is 1. The van der Waals surface area contributed by atoms with E-state index in [2.05, 4.69) is 19.2 Å². The Morgan fingerprint density at radius 3 is 1.48 bits per heavy atom. The molecule has 0 aromatic carbocycles. The highest BCUT2D eigenvalue weighted by Crippen LogP contribution is 2.43. The van der Waals surface area contributed by atoms with Crippen LogP contribution in [0.5, 0.6) is 0 Å². The van der Waals surface area contributed by atoms with Gasteiger partial charge in [-0.15, -0.1) is 0 Å². The second-order valence-corrected chi connectivity index (χ2v) is 17.2. The van der Waals surface area contributed by atoms with Gasteiger partial charge in [0.1, 0.15) is 13.2 Å². The molecule has 0 aliphatic carbocycles. The quantitative estimate of drug-likeness (QED) is 0.0253. The molecule has 0 radical (unpaired) electrons. The lowest BCUT2D eigenvalue weighted by Crippen LogP contribution is -2.45. The van der Waals surface area contributed by atoms with Gasteiger partial charge in [0, 0.05) is 6.42 Å². The predicted molar refractivity (Wildman–Crippen MR) is 212 cm³/mol. The first-order chi connectivity index (χ1) is 24.0. The van der Waals surface area contributed by atoms with E-state index in [0.29, 0.717) is 17.4 Å². The number of hydrogen-bond acceptors (Lipinski definition) is 5. The number of phosphoric ester groups is 1. The highest BCUT2D eigenvalue weighted by molar-refractivity contribution is 7.47. The monoisotopic (exact) mass is 732 g/mol. The van der Waals surface area contributed by atoms with Crippen LogP contribution in [0.15, 0.2) is 12.2 Å². The minimum absolute atomic E-state index is 0.0638. The molecule has 1 amide bonds. The summed E-state index contributed by atoms with van der Waals surface area (Å²) >= 11 is 0. The van der Waals surface area contributed by atoms with Crippen LogP contribution in [0.25, 0.3) is 0 Å². The zero-order valence-corrected chi connectivity index (χ0v) is 34.5. The van der Waals surface area contributed by atoms with Crippen LogP contribution in [0.3, 0.4) is 0 Å². The summed E-state index contributed by atoms with van der Waals surface area (Å²) in [6.07, 6.45) is 37.4. The van der Waals surface area contributed by atoms with E-state index in [4.69, 9.17) is 9.05 Å². The van der Waals surface area contributed by atoms with E-state index >= 15 is 0 Å². The fourth-order valence-electron chi connectivity index (χ4n) is 6.10. The Morgan fingerprint density at radius 2 is 1.06 bits per heavy atom. The van der Waals surface area contributed by atoms with Gasteiger partial charge in [-0.3, -0.25) is 13.8 Å². The van der Waals surface area contributed by atoms with E-state index < -0.39 is 20.0 Å². The smallest absolute Gasteiger partial charge is 0.387 e. The second kappa shape index (κ2) is 34.0. The van der Waals surface area contributed by atoms with Crippen LogP contribution in [0.2, 0.25) is 0 Å². The first-order valence-electron chi connectivity index (χ1n) is 21.1. The Balaban J connectivity index is 4.19. The Hall–Kier alpha value is -0.760. The van der Waals surface area contributed by atoms with Gasteiger partial charge < -0.3 is 19.8 Å². The Labute approximate surface area is 310 Å². The maximum atomic E-state index is 12.7. The van der Waals surface area contributed by atoms with E-state index in [9.17, 15) is 19.4 Å². The number of rotatable bonds is 38. The number of carbonyl (C=O) groups is 1.